The summed E-state index contributed by atoms with van der Waals surface area (Å²) < 4.78 is 0. The maximum atomic E-state index is 2.45. The molecule has 1 heterocycles. The van der Waals surface area contributed by atoms with Gasteiger partial charge < -0.3 is 0 Å². The standard InChI is InChI=1S/C13H25B/c1-10-5-11-7-12(6-10)9-14(8-11)13(2,3)4/h10-12H,5-9H2,1-4H3. The fraction of sp³-hybridized carbons (Fsp3) is 1.00. The molecule has 0 aromatic heterocycles. The monoisotopic (exact) mass is 192 g/mol. The number of hydrogen-bond acceptors (Lipinski definition) is 0. The minimum Gasteiger partial charge on any atom is -0.0708 e. The van der Waals surface area contributed by atoms with E-state index >= 15 is 0 Å². The molecule has 1 saturated carbocycles. The smallest absolute Gasteiger partial charge is 0.0708 e. The summed E-state index contributed by atoms with van der Waals surface area (Å²) in [6.07, 6.45) is 7.62. The van der Waals surface area contributed by atoms with Gasteiger partial charge in [0.2, 0.25) is 0 Å². The SMILES string of the molecule is CC1CC2CB(C(C)(C)C)CC(C1)C2. The predicted molar refractivity (Wildman–Crippen MR) is 65.1 cm³/mol. The van der Waals surface area contributed by atoms with Gasteiger partial charge in [-0.2, -0.15) is 0 Å². The van der Waals surface area contributed by atoms with E-state index in [1.165, 1.54) is 25.5 Å². The first kappa shape index (κ1) is 10.6. The van der Waals surface area contributed by atoms with Gasteiger partial charge in [-0.15, -0.1) is 0 Å². The second-order valence-corrected chi connectivity index (χ2v) is 7.08. The first-order chi connectivity index (χ1) is 6.45. The van der Waals surface area contributed by atoms with E-state index in [-0.39, 0.29) is 0 Å². The molecular weight excluding hydrogens is 167 g/mol. The fourth-order valence-electron chi connectivity index (χ4n) is 3.89. The highest BCUT2D eigenvalue weighted by atomic mass is 14.3. The van der Waals surface area contributed by atoms with Crippen molar-refractivity contribution < 1.29 is 0 Å². The molecule has 1 aliphatic carbocycles. The van der Waals surface area contributed by atoms with Gasteiger partial charge in [0.25, 0.3) is 0 Å². The topological polar surface area (TPSA) is 0 Å². The molecule has 2 rings (SSSR count). The third-order valence-corrected chi connectivity index (χ3v) is 4.60. The van der Waals surface area contributed by atoms with Gasteiger partial charge in [-0.25, -0.2) is 0 Å². The molecule has 2 aliphatic rings. The Hall–Kier alpha value is 0.0649. The Bertz CT molecular complexity index is 186. The maximum Gasteiger partial charge on any atom is 0.146 e. The van der Waals surface area contributed by atoms with Gasteiger partial charge in [0.1, 0.15) is 6.71 Å². The second-order valence-electron chi connectivity index (χ2n) is 7.08. The van der Waals surface area contributed by atoms with Crippen LogP contribution in [0.1, 0.15) is 47.0 Å². The van der Waals surface area contributed by atoms with E-state index < -0.39 is 0 Å². The lowest BCUT2D eigenvalue weighted by Crippen LogP contribution is -2.39. The largest absolute Gasteiger partial charge is 0.146 e. The molecule has 0 N–H and O–H groups in total. The zero-order valence-corrected chi connectivity index (χ0v) is 10.3. The van der Waals surface area contributed by atoms with Crippen molar-refractivity contribution in [3.63, 3.8) is 0 Å². The van der Waals surface area contributed by atoms with Crippen LogP contribution >= 0.6 is 0 Å². The average molecular weight is 192 g/mol. The summed E-state index contributed by atoms with van der Waals surface area (Å²) in [6, 6.07) is 0. The lowest BCUT2D eigenvalue weighted by molar-refractivity contribution is 0.216. The summed E-state index contributed by atoms with van der Waals surface area (Å²) >= 11 is 0. The summed E-state index contributed by atoms with van der Waals surface area (Å²) in [4.78, 5) is 0. The van der Waals surface area contributed by atoms with E-state index in [0.717, 1.165) is 24.5 Å². The van der Waals surface area contributed by atoms with Gasteiger partial charge in [-0.05, 0) is 37.0 Å². The lowest BCUT2D eigenvalue weighted by atomic mass is 9.26. The average Bonchev–Trinajstić information content (AvgIpc) is 1.99. The first-order valence-electron chi connectivity index (χ1n) is 6.45. The molecular formula is C13H25B. The van der Waals surface area contributed by atoms with Crippen molar-refractivity contribution in [2.24, 2.45) is 17.8 Å². The molecule has 2 atom stereocenters. The van der Waals surface area contributed by atoms with Crippen LogP contribution in [0.3, 0.4) is 0 Å². The zero-order valence-electron chi connectivity index (χ0n) is 10.3. The van der Waals surface area contributed by atoms with Crippen LogP contribution in [0.2, 0.25) is 18.0 Å². The van der Waals surface area contributed by atoms with Crippen molar-refractivity contribution in [2.45, 2.75) is 64.9 Å². The molecule has 1 heteroatoms. The molecule has 2 unspecified atom stereocenters. The second kappa shape index (κ2) is 3.57. The van der Waals surface area contributed by atoms with Crippen LogP contribution in [0.5, 0.6) is 0 Å². The van der Waals surface area contributed by atoms with Crippen LogP contribution in [0.25, 0.3) is 0 Å². The Kier molecular flexibility index (Phi) is 2.70. The van der Waals surface area contributed by atoms with E-state index in [1.807, 2.05) is 0 Å². The van der Waals surface area contributed by atoms with Crippen molar-refractivity contribution in [1.29, 1.82) is 0 Å². The molecule has 1 aliphatic heterocycles. The minimum absolute atomic E-state index is 0.553. The minimum atomic E-state index is 0.553. The van der Waals surface area contributed by atoms with Gasteiger partial charge in [0.05, 0.1) is 0 Å². The highest BCUT2D eigenvalue weighted by Gasteiger charge is 2.40. The normalized spacial score (nSPS) is 38.6. The molecule has 0 nitrogen and oxygen atoms in total. The summed E-state index contributed by atoms with van der Waals surface area (Å²) in [5.41, 5.74) is 0. The van der Waals surface area contributed by atoms with E-state index in [0.29, 0.717) is 5.31 Å². The van der Waals surface area contributed by atoms with E-state index in [4.69, 9.17) is 0 Å². The molecule has 2 fully saturated rings. The predicted octanol–water partition coefficient (Wildman–Crippen LogP) is 4.35. The van der Waals surface area contributed by atoms with Gasteiger partial charge in [0.15, 0.2) is 0 Å². The Morgan fingerprint density at radius 2 is 1.43 bits per heavy atom. The summed E-state index contributed by atoms with van der Waals surface area (Å²) in [5, 5.41) is 0.553. The summed E-state index contributed by atoms with van der Waals surface area (Å²) in [5.74, 6) is 3.16. The Balaban J connectivity index is 2.02. The van der Waals surface area contributed by atoms with E-state index in [1.54, 1.807) is 6.42 Å². The number of hydrogen-bond donors (Lipinski definition) is 0. The highest BCUT2D eigenvalue weighted by molar-refractivity contribution is 6.62. The molecule has 1 saturated heterocycles. The first-order valence-corrected chi connectivity index (χ1v) is 6.45. The van der Waals surface area contributed by atoms with E-state index in [9.17, 15) is 0 Å². The third kappa shape index (κ3) is 2.17. The summed E-state index contributed by atoms with van der Waals surface area (Å²) in [6.45, 7) is 10.8. The Morgan fingerprint density at radius 3 is 1.86 bits per heavy atom. The molecule has 80 valence electrons. The molecule has 0 aromatic carbocycles. The van der Waals surface area contributed by atoms with Crippen molar-refractivity contribution in [1.82, 2.24) is 0 Å². The van der Waals surface area contributed by atoms with E-state index in [2.05, 4.69) is 27.7 Å². The number of rotatable bonds is 0. The van der Waals surface area contributed by atoms with Crippen LogP contribution in [0.15, 0.2) is 0 Å². The molecule has 0 radical (unpaired) electrons. The molecule has 0 aromatic rings. The van der Waals surface area contributed by atoms with Gasteiger partial charge in [0, 0.05) is 0 Å². The van der Waals surface area contributed by atoms with Crippen LogP contribution in [0.4, 0.5) is 0 Å². The van der Waals surface area contributed by atoms with Gasteiger partial charge in [-0.3, -0.25) is 0 Å². The summed E-state index contributed by atoms with van der Waals surface area (Å²) in [7, 11) is 0. The van der Waals surface area contributed by atoms with Crippen LogP contribution < -0.4 is 0 Å². The molecule has 2 bridgehead atoms. The molecule has 0 spiro atoms. The lowest BCUT2D eigenvalue weighted by Gasteiger charge is -2.44. The third-order valence-electron chi connectivity index (χ3n) is 4.60. The van der Waals surface area contributed by atoms with Gasteiger partial charge in [-0.1, -0.05) is 45.6 Å². The van der Waals surface area contributed by atoms with Crippen molar-refractivity contribution in [3.05, 3.63) is 0 Å². The zero-order chi connectivity index (χ0) is 10.3. The van der Waals surface area contributed by atoms with Crippen molar-refractivity contribution >= 4 is 6.71 Å². The van der Waals surface area contributed by atoms with Gasteiger partial charge >= 0.3 is 0 Å². The van der Waals surface area contributed by atoms with Crippen molar-refractivity contribution in [3.8, 4) is 0 Å². The Morgan fingerprint density at radius 1 is 0.929 bits per heavy atom. The quantitative estimate of drug-likeness (QED) is 0.500. The maximum absolute atomic E-state index is 2.45. The Labute approximate surface area is 89.9 Å². The highest BCUT2D eigenvalue weighted by Crippen LogP contribution is 2.48. The van der Waals surface area contributed by atoms with Crippen LogP contribution in [-0.4, -0.2) is 6.71 Å². The molecule has 14 heavy (non-hydrogen) atoms. The van der Waals surface area contributed by atoms with Crippen LogP contribution in [-0.2, 0) is 0 Å². The molecule has 0 amide bonds. The van der Waals surface area contributed by atoms with Crippen LogP contribution in [0, 0.1) is 17.8 Å². The number of fused-ring (bicyclic) bond motifs is 2. The fourth-order valence-corrected chi connectivity index (χ4v) is 3.89. The van der Waals surface area contributed by atoms with Crippen molar-refractivity contribution in [2.75, 3.05) is 0 Å².